The molecule has 1 aromatic carbocycles. The average Bonchev–Trinajstić information content (AvgIpc) is 3.00. The lowest BCUT2D eigenvalue weighted by Gasteiger charge is -2.12. The van der Waals surface area contributed by atoms with Gasteiger partial charge in [0, 0.05) is 29.9 Å². The molecule has 0 aliphatic carbocycles. The maximum absolute atomic E-state index is 11.4. The second kappa shape index (κ2) is 5.88. The first kappa shape index (κ1) is 13.5. The van der Waals surface area contributed by atoms with Crippen LogP contribution in [-0.2, 0) is 6.42 Å². The molecule has 0 bridgehead atoms. The highest BCUT2D eigenvalue weighted by Crippen LogP contribution is 2.25. The van der Waals surface area contributed by atoms with E-state index in [0.29, 0.717) is 12.2 Å². The van der Waals surface area contributed by atoms with E-state index in [2.05, 4.69) is 15.3 Å². The summed E-state index contributed by atoms with van der Waals surface area (Å²) in [6.07, 6.45) is 2.15. The molecular formula is C15H13N3O2S. The summed E-state index contributed by atoms with van der Waals surface area (Å²) < 4.78 is 0. The number of aromatic nitrogens is 2. The molecular weight excluding hydrogens is 286 g/mol. The molecule has 0 unspecified atom stereocenters. The van der Waals surface area contributed by atoms with Crippen LogP contribution < -0.4 is 5.32 Å². The van der Waals surface area contributed by atoms with Gasteiger partial charge >= 0.3 is 5.97 Å². The number of aromatic carboxylic acids is 1. The number of carboxylic acids is 1. The predicted octanol–water partition coefficient (Wildman–Crippen LogP) is 3.04. The number of fused-ring (bicyclic) bond motifs is 1. The van der Waals surface area contributed by atoms with Gasteiger partial charge in [-0.2, -0.15) is 0 Å². The third-order valence-electron chi connectivity index (χ3n) is 3.17. The Morgan fingerprint density at radius 3 is 2.90 bits per heavy atom. The second-order valence-corrected chi connectivity index (χ2v) is 5.24. The minimum Gasteiger partial charge on any atom is -0.478 e. The summed E-state index contributed by atoms with van der Waals surface area (Å²) in [6, 6.07) is 7.50. The number of anilines is 1. The minimum absolute atomic E-state index is 0.187. The van der Waals surface area contributed by atoms with Crippen molar-refractivity contribution in [2.75, 3.05) is 11.9 Å². The van der Waals surface area contributed by atoms with Crippen LogP contribution in [0.2, 0.25) is 0 Å². The van der Waals surface area contributed by atoms with E-state index in [9.17, 15) is 9.90 Å². The molecule has 0 aliphatic rings. The van der Waals surface area contributed by atoms with Gasteiger partial charge in [-0.05, 0) is 6.07 Å². The smallest absolute Gasteiger partial charge is 0.339 e. The Balaban J connectivity index is 1.90. The number of carboxylic acid groups (broad SMARTS) is 1. The van der Waals surface area contributed by atoms with Crippen LogP contribution in [0.25, 0.3) is 10.9 Å². The van der Waals surface area contributed by atoms with Crippen molar-refractivity contribution in [3.05, 3.63) is 52.6 Å². The van der Waals surface area contributed by atoms with Crippen LogP contribution in [0, 0.1) is 0 Å². The first-order valence-electron chi connectivity index (χ1n) is 6.47. The first-order valence-corrected chi connectivity index (χ1v) is 7.42. The Morgan fingerprint density at radius 2 is 2.14 bits per heavy atom. The van der Waals surface area contributed by atoms with Gasteiger partial charge in [0.15, 0.2) is 0 Å². The van der Waals surface area contributed by atoms with Crippen molar-refractivity contribution in [3.8, 4) is 0 Å². The van der Waals surface area contributed by atoms with Crippen LogP contribution in [0.15, 0.2) is 41.4 Å². The number of para-hydroxylation sites is 1. The van der Waals surface area contributed by atoms with Gasteiger partial charge in [-0.1, -0.05) is 18.2 Å². The molecule has 6 heteroatoms. The Morgan fingerprint density at radius 1 is 1.29 bits per heavy atom. The zero-order chi connectivity index (χ0) is 14.7. The Labute approximate surface area is 125 Å². The molecule has 0 fully saturated rings. The average molecular weight is 299 g/mol. The van der Waals surface area contributed by atoms with Crippen LogP contribution in [-0.4, -0.2) is 27.6 Å². The van der Waals surface area contributed by atoms with Gasteiger partial charge in [0.25, 0.3) is 0 Å². The molecule has 5 nitrogen and oxygen atoms in total. The number of benzene rings is 1. The van der Waals surface area contributed by atoms with E-state index in [0.717, 1.165) is 23.0 Å². The number of thiazole rings is 1. The number of nitrogens with zero attached hydrogens (tertiary/aromatic N) is 2. The number of rotatable bonds is 5. The Kier molecular flexibility index (Phi) is 3.79. The van der Waals surface area contributed by atoms with E-state index < -0.39 is 5.97 Å². The van der Waals surface area contributed by atoms with Gasteiger partial charge in [0.1, 0.15) is 5.56 Å². The van der Waals surface area contributed by atoms with Gasteiger partial charge in [0.2, 0.25) is 0 Å². The van der Waals surface area contributed by atoms with Crippen molar-refractivity contribution in [1.82, 2.24) is 9.97 Å². The fraction of sp³-hybridized carbons (Fsp3) is 0.133. The Bertz CT molecular complexity index is 772. The van der Waals surface area contributed by atoms with E-state index in [1.807, 2.05) is 29.6 Å². The number of carbonyl (C=O) groups is 1. The number of hydrogen-bond donors (Lipinski definition) is 2. The minimum atomic E-state index is -0.982. The summed E-state index contributed by atoms with van der Waals surface area (Å²) in [5.74, 6) is -0.982. The van der Waals surface area contributed by atoms with Crippen molar-refractivity contribution in [3.63, 3.8) is 0 Å². The van der Waals surface area contributed by atoms with Crippen molar-refractivity contribution in [2.24, 2.45) is 0 Å². The summed E-state index contributed by atoms with van der Waals surface area (Å²) in [7, 11) is 0. The predicted molar refractivity (Wildman–Crippen MR) is 83.0 cm³/mol. The molecule has 2 N–H and O–H groups in total. The maximum atomic E-state index is 11.4. The van der Waals surface area contributed by atoms with E-state index in [4.69, 9.17) is 0 Å². The summed E-state index contributed by atoms with van der Waals surface area (Å²) in [6.45, 7) is 0.623. The molecule has 0 aliphatic heterocycles. The van der Waals surface area contributed by atoms with Crippen molar-refractivity contribution < 1.29 is 9.90 Å². The van der Waals surface area contributed by atoms with Crippen molar-refractivity contribution in [1.29, 1.82) is 0 Å². The van der Waals surface area contributed by atoms with E-state index >= 15 is 0 Å². The second-order valence-electron chi connectivity index (χ2n) is 4.53. The molecule has 0 amide bonds. The van der Waals surface area contributed by atoms with Gasteiger partial charge in [0.05, 0.1) is 22.4 Å². The molecule has 0 atom stereocenters. The van der Waals surface area contributed by atoms with Crippen LogP contribution >= 0.6 is 11.3 Å². The zero-order valence-corrected chi connectivity index (χ0v) is 11.9. The highest BCUT2D eigenvalue weighted by Gasteiger charge is 2.14. The largest absolute Gasteiger partial charge is 0.478 e. The standard InChI is InChI=1S/C15H13N3O2S/c19-15(20)12-7-17-13-4-2-1-3-11(13)14(12)16-6-5-10-8-21-9-18-10/h1-4,7-9H,5-6H2,(H,16,17)(H,19,20). The number of nitrogens with one attached hydrogen (secondary N) is 1. The Hall–Kier alpha value is -2.47. The lowest BCUT2D eigenvalue weighted by Crippen LogP contribution is -2.10. The van der Waals surface area contributed by atoms with Crippen molar-refractivity contribution >= 4 is 33.9 Å². The summed E-state index contributed by atoms with van der Waals surface area (Å²) >= 11 is 1.55. The highest BCUT2D eigenvalue weighted by atomic mass is 32.1. The van der Waals surface area contributed by atoms with Crippen LogP contribution in [0.1, 0.15) is 16.1 Å². The lowest BCUT2D eigenvalue weighted by atomic mass is 10.1. The molecule has 3 rings (SSSR count). The van der Waals surface area contributed by atoms with E-state index in [-0.39, 0.29) is 5.56 Å². The molecule has 21 heavy (non-hydrogen) atoms. The first-order chi connectivity index (χ1) is 10.3. The zero-order valence-electron chi connectivity index (χ0n) is 11.1. The van der Waals surface area contributed by atoms with Gasteiger partial charge in [-0.3, -0.25) is 4.98 Å². The fourth-order valence-electron chi connectivity index (χ4n) is 2.17. The highest BCUT2D eigenvalue weighted by molar-refractivity contribution is 7.07. The topological polar surface area (TPSA) is 75.1 Å². The quantitative estimate of drug-likeness (QED) is 0.757. The third-order valence-corrected chi connectivity index (χ3v) is 3.81. The molecule has 2 aromatic heterocycles. The van der Waals surface area contributed by atoms with Crippen LogP contribution in [0.5, 0.6) is 0 Å². The maximum Gasteiger partial charge on any atom is 0.339 e. The molecule has 0 radical (unpaired) electrons. The van der Waals surface area contributed by atoms with E-state index in [1.54, 1.807) is 16.8 Å². The molecule has 106 valence electrons. The lowest BCUT2D eigenvalue weighted by molar-refractivity contribution is 0.0697. The van der Waals surface area contributed by atoms with E-state index in [1.165, 1.54) is 6.20 Å². The van der Waals surface area contributed by atoms with Crippen LogP contribution in [0.3, 0.4) is 0 Å². The number of pyridine rings is 1. The summed E-state index contributed by atoms with van der Waals surface area (Å²) in [5, 5.41) is 15.3. The monoisotopic (exact) mass is 299 g/mol. The third kappa shape index (κ3) is 2.85. The molecule has 2 heterocycles. The molecule has 0 saturated heterocycles. The normalized spacial score (nSPS) is 10.7. The number of hydrogen-bond acceptors (Lipinski definition) is 5. The molecule has 0 spiro atoms. The van der Waals surface area contributed by atoms with Gasteiger partial charge in [-0.15, -0.1) is 11.3 Å². The summed E-state index contributed by atoms with van der Waals surface area (Å²) in [4.78, 5) is 19.8. The van der Waals surface area contributed by atoms with Gasteiger partial charge in [-0.25, -0.2) is 9.78 Å². The summed E-state index contributed by atoms with van der Waals surface area (Å²) in [5.41, 5.74) is 4.37. The van der Waals surface area contributed by atoms with Crippen molar-refractivity contribution in [2.45, 2.75) is 6.42 Å². The fourth-order valence-corrected chi connectivity index (χ4v) is 2.76. The van der Waals surface area contributed by atoms with Crippen LogP contribution in [0.4, 0.5) is 5.69 Å². The molecule has 0 saturated carbocycles. The SMILES string of the molecule is O=C(O)c1cnc2ccccc2c1NCCc1cscn1. The molecule has 3 aromatic rings. The van der Waals surface area contributed by atoms with Gasteiger partial charge < -0.3 is 10.4 Å².